The first-order valence-corrected chi connectivity index (χ1v) is 10.2. The molecule has 0 saturated carbocycles. The lowest BCUT2D eigenvalue weighted by molar-refractivity contribution is -0.125. The third-order valence-electron chi connectivity index (χ3n) is 5.44. The molecule has 5 nitrogen and oxygen atoms in total. The highest BCUT2D eigenvalue weighted by atomic mass is 16.2. The predicted molar refractivity (Wildman–Crippen MR) is 108 cm³/mol. The van der Waals surface area contributed by atoms with Crippen LogP contribution in [0.4, 0.5) is 4.79 Å². The van der Waals surface area contributed by atoms with Crippen LogP contribution in [0.1, 0.15) is 49.1 Å². The minimum atomic E-state index is -0.223. The Morgan fingerprint density at radius 2 is 2.00 bits per heavy atom. The number of nitrogens with zero attached hydrogens (tertiary/aromatic N) is 2. The smallest absolute Gasteiger partial charge is 0.324 e. The molecule has 0 aromatic heterocycles. The summed E-state index contributed by atoms with van der Waals surface area (Å²) in [6.45, 7) is 6.52. The topological polar surface area (TPSA) is 52.7 Å². The van der Waals surface area contributed by atoms with E-state index in [-0.39, 0.29) is 11.9 Å². The van der Waals surface area contributed by atoms with Crippen molar-refractivity contribution in [2.75, 3.05) is 32.7 Å². The van der Waals surface area contributed by atoms with Gasteiger partial charge in [-0.1, -0.05) is 48.4 Å². The summed E-state index contributed by atoms with van der Waals surface area (Å²) in [5.41, 5.74) is 2.69. The summed E-state index contributed by atoms with van der Waals surface area (Å²) in [7, 11) is 0. The molecule has 3 rings (SSSR count). The number of hydrogen-bond donors (Lipinski definition) is 1. The molecule has 1 fully saturated rings. The summed E-state index contributed by atoms with van der Waals surface area (Å²) in [4.78, 5) is 27.3. The molecule has 1 aromatic carbocycles. The van der Waals surface area contributed by atoms with Crippen LogP contribution in [0.2, 0.25) is 0 Å². The summed E-state index contributed by atoms with van der Waals surface area (Å²) in [6, 6.07) is 8.63. The van der Waals surface area contributed by atoms with E-state index in [0.717, 1.165) is 45.3 Å². The van der Waals surface area contributed by atoms with Gasteiger partial charge in [0.25, 0.3) is 0 Å². The van der Waals surface area contributed by atoms with Crippen LogP contribution in [-0.2, 0) is 4.79 Å². The maximum Gasteiger partial charge on any atom is 0.324 e. The number of unbranched alkanes of at least 4 members (excludes halogenated alkanes) is 2. The van der Waals surface area contributed by atoms with Crippen LogP contribution in [0.5, 0.6) is 0 Å². The zero-order chi connectivity index (χ0) is 19.1. The van der Waals surface area contributed by atoms with Gasteiger partial charge in [0.05, 0.1) is 0 Å². The first-order chi connectivity index (χ1) is 13.1. The van der Waals surface area contributed by atoms with Crippen molar-refractivity contribution >= 4 is 11.9 Å². The molecule has 27 heavy (non-hydrogen) atoms. The van der Waals surface area contributed by atoms with Crippen molar-refractivity contribution < 1.29 is 9.59 Å². The summed E-state index contributed by atoms with van der Waals surface area (Å²) in [5, 5.41) is 2.87. The standard InChI is InChI=1S/C22H31N3O2/c1-18-9-11-19(12-10-18)20-7-5-15-24(17-20)14-4-2-3-13-23-22(27)25-16-6-8-21(25)26/h5,7,9-12,20H,2-4,6,8,13-17H2,1H3,(H,23,27). The van der Waals surface area contributed by atoms with E-state index in [0.29, 0.717) is 25.4 Å². The lowest BCUT2D eigenvalue weighted by Gasteiger charge is -2.29. The van der Waals surface area contributed by atoms with E-state index < -0.39 is 0 Å². The Hall–Kier alpha value is -2.14. The number of aryl methyl sites for hydroxylation is 1. The highest BCUT2D eigenvalue weighted by Gasteiger charge is 2.25. The van der Waals surface area contributed by atoms with Crippen LogP contribution in [0.3, 0.4) is 0 Å². The number of benzene rings is 1. The molecule has 1 saturated heterocycles. The molecule has 2 aliphatic rings. The zero-order valence-corrected chi connectivity index (χ0v) is 16.3. The number of imide groups is 1. The van der Waals surface area contributed by atoms with Crippen LogP contribution >= 0.6 is 0 Å². The lowest BCUT2D eigenvalue weighted by atomic mass is 9.95. The normalized spacial score (nSPS) is 20.3. The van der Waals surface area contributed by atoms with Gasteiger partial charge in [0.1, 0.15) is 0 Å². The van der Waals surface area contributed by atoms with E-state index in [2.05, 4.69) is 53.6 Å². The average Bonchev–Trinajstić information content (AvgIpc) is 3.11. The van der Waals surface area contributed by atoms with Gasteiger partial charge in [-0.3, -0.25) is 14.6 Å². The quantitative estimate of drug-likeness (QED) is 0.592. The van der Waals surface area contributed by atoms with Crippen molar-refractivity contribution in [2.45, 2.75) is 44.9 Å². The summed E-state index contributed by atoms with van der Waals surface area (Å²) < 4.78 is 0. The van der Waals surface area contributed by atoms with Gasteiger partial charge in [0, 0.05) is 38.5 Å². The second-order valence-electron chi connectivity index (χ2n) is 7.65. The number of nitrogens with one attached hydrogen (secondary N) is 1. The van der Waals surface area contributed by atoms with Crippen LogP contribution in [0.15, 0.2) is 36.4 Å². The second kappa shape index (κ2) is 9.70. The SMILES string of the molecule is Cc1ccc(C2C=CCN(CCCCCNC(=O)N3CCCC3=O)C2)cc1. The highest BCUT2D eigenvalue weighted by Crippen LogP contribution is 2.22. The van der Waals surface area contributed by atoms with Crippen molar-refractivity contribution in [3.8, 4) is 0 Å². The first kappa shape index (κ1) is 19.6. The van der Waals surface area contributed by atoms with Gasteiger partial charge in [-0.2, -0.15) is 0 Å². The third-order valence-corrected chi connectivity index (χ3v) is 5.44. The fourth-order valence-electron chi connectivity index (χ4n) is 3.79. The number of carbonyl (C=O) groups excluding carboxylic acids is 2. The lowest BCUT2D eigenvalue weighted by Crippen LogP contribution is -2.40. The Balaban J connectivity index is 1.30. The average molecular weight is 370 g/mol. The van der Waals surface area contributed by atoms with Crippen LogP contribution < -0.4 is 5.32 Å². The molecular weight excluding hydrogens is 338 g/mol. The number of likely N-dealkylation sites (tertiary alicyclic amines) is 1. The van der Waals surface area contributed by atoms with Gasteiger partial charge in [-0.05, 0) is 38.3 Å². The van der Waals surface area contributed by atoms with Crippen molar-refractivity contribution in [3.05, 3.63) is 47.5 Å². The zero-order valence-electron chi connectivity index (χ0n) is 16.3. The number of hydrogen-bond acceptors (Lipinski definition) is 3. The predicted octanol–water partition coefficient (Wildman–Crippen LogP) is 3.45. The van der Waals surface area contributed by atoms with Gasteiger partial charge in [-0.15, -0.1) is 0 Å². The van der Waals surface area contributed by atoms with Crippen LogP contribution in [0.25, 0.3) is 0 Å². The van der Waals surface area contributed by atoms with Crippen molar-refractivity contribution in [1.29, 1.82) is 0 Å². The van der Waals surface area contributed by atoms with E-state index >= 15 is 0 Å². The molecule has 5 heteroatoms. The Labute approximate surface area is 162 Å². The van der Waals surface area contributed by atoms with Gasteiger partial charge in [-0.25, -0.2) is 4.79 Å². The summed E-state index contributed by atoms with van der Waals surface area (Å²) >= 11 is 0. The van der Waals surface area contributed by atoms with Gasteiger partial charge in [0.15, 0.2) is 0 Å². The van der Waals surface area contributed by atoms with Crippen molar-refractivity contribution in [1.82, 2.24) is 15.1 Å². The monoisotopic (exact) mass is 369 g/mol. The molecule has 3 amide bonds. The molecule has 1 atom stereocenters. The minimum absolute atomic E-state index is 0.0474. The van der Waals surface area contributed by atoms with Gasteiger partial charge < -0.3 is 5.32 Å². The molecule has 1 unspecified atom stereocenters. The van der Waals surface area contributed by atoms with Gasteiger partial charge >= 0.3 is 6.03 Å². The molecule has 0 aliphatic carbocycles. The largest absolute Gasteiger partial charge is 0.338 e. The second-order valence-corrected chi connectivity index (χ2v) is 7.65. The summed E-state index contributed by atoms with van der Waals surface area (Å²) in [6.07, 6.45) is 9.08. The molecule has 1 aromatic rings. The fraction of sp³-hybridized carbons (Fsp3) is 0.545. The molecule has 0 spiro atoms. The highest BCUT2D eigenvalue weighted by molar-refractivity contribution is 5.95. The molecule has 0 bridgehead atoms. The van der Waals surface area contributed by atoms with E-state index in [1.807, 2.05) is 0 Å². The Bertz CT molecular complexity index is 669. The molecular formula is C22H31N3O2. The minimum Gasteiger partial charge on any atom is -0.338 e. The van der Waals surface area contributed by atoms with Crippen molar-refractivity contribution in [2.24, 2.45) is 0 Å². The van der Waals surface area contributed by atoms with Gasteiger partial charge in [0.2, 0.25) is 5.91 Å². The molecule has 1 N–H and O–H groups in total. The van der Waals surface area contributed by atoms with E-state index in [1.54, 1.807) is 0 Å². The Morgan fingerprint density at radius 3 is 2.74 bits per heavy atom. The molecule has 0 radical (unpaired) electrons. The van der Waals surface area contributed by atoms with Crippen molar-refractivity contribution in [3.63, 3.8) is 0 Å². The Morgan fingerprint density at radius 1 is 1.19 bits per heavy atom. The van der Waals surface area contributed by atoms with E-state index in [9.17, 15) is 9.59 Å². The molecule has 2 heterocycles. The summed E-state index contributed by atoms with van der Waals surface area (Å²) in [5.74, 6) is 0.436. The third kappa shape index (κ3) is 5.67. The number of amides is 3. The number of rotatable bonds is 7. The van der Waals surface area contributed by atoms with E-state index in [1.165, 1.54) is 16.0 Å². The molecule has 146 valence electrons. The maximum atomic E-state index is 11.9. The maximum absolute atomic E-state index is 11.9. The Kier molecular flexibility index (Phi) is 7.04. The van der Waals surface area contributed by atoms with Crippen LogP contribution in [-0.4, -0.2) is 54.5 Å². The number of carbonyl (C=O) groups is 2. The molecule has 2 aliphatic heterocycles. The number of urea groups is 1. The van der Waals surface area contributed by atoms with E-state index in [4.69, 9.17) is 0 Å². The van der Waals surface area contributed by atoms with Crippen LogP contribution in [0, 0.1) is 6.92 Å². The fourth-order valence-corrected chi connectivity index (χ4v) is 3.79. The first-order valence-electron chi connectivity index (χ1n) is 10.2.